The van der Waals surface area contributed by atoms with Crippen LogP contribution in [0.3, 0.4) is 0 Å². The first-order valence-electron chi connectivity index (χ1n) is 4.13. The molecule has 1 aromatic rings. The summed E-state index contributed by atoms with van der Waals surface area (Å²) in [5.41, 5.74) is 1.12. The van der Waals surface area contributed by atoms with Crippen LogP contribution in [0.2, 0.25) is 0 Å². The van der Waals surface area contributed by atoms with Gasteiger partial charge in [-0.05, 0) is 24.6 Å². The van der Waals surface area contributed by atoms with Crippen molar-refractivity contribution in [2.24, 2.45) is 4.99 Å². The van der Waals surface area contributed by atoms with Gasteiger partial charge in [0.1, 0.15) is 5.84 Å². The number of amidine groups is 1. The molecular formula is C10H10BrN3. The van der Waals surface area contributed by atoms with Gasteiger partial charge in [-0.2, -0.15) is 5.26 Å². The molecule has 1 aromatic carbocycles. The normalized spacial score (nSPS) is 10.8. The maximum Gasteiger partial charge on any atom is 0.182 e. The smallest absolute Gasteiger partial charge is 0.182 e. The van der Waals surface area contributed by atoms with E-state index in [0.717, 1.165) is 10.0 Å². The third-order valence-corrected chi connectivity index (χ3v) is 2.18. The number of benzene rings is 1. The summed E-state index contributed by atoms with van der Waals surface area (Å²) in [6.45, 7) is 2.36. The Morgan fingerprint density at radius 2 is 2.14 bits per heavy atom. The third-order valence-electron chi connectivity index (χ3n) is 1.65. The second-order valence-corrected chi connectivity index (χ2v) is 3.68. The van der Waals surface area contributed by atoms with E-state index in [1.807, 2.05) is 30.5 Å². The number of hydrogen-bond acceptors (Lipinski definition) is 2. The first-order chi connectivity index (χ1) is 6.72. The third kappa shape index (κ3) is 3.58. The van der Waals surface area contributed by atoms with Crippen molar-refractivity contribution in [1.29, 1.82) is 5.26 Å². The van der Waals surface area contributed by atoms with Crippen LogP contribution in [0.5, 0.6) is 0 Å². The zero-order chi connectivity index (χ0) is 10.4. The Bertz CT molecular complexity index is 362. The summed E-state index contributed by atoms with van der Waals surface area (Å²) in [7, 11) is 0. The van der Waals surface area contributed by atoms with Gasteiger partial charge in [0.25, 0.3) is 0 Å². The van der Waals surface area contributed by atoms with Crippen LogP contribution in [0.25, 0.3) is 0 Å². The molecule has 0 radical (unpaired) electrons. The first-order valence-corrected chi connectivity index (χ1v) is 4.92. The molecule has 1 rings (SSSR count). The van der Waals surface area contributed by atoms with Crippen molar-refractivity contribution in [3.8, 4) is 6.19 Å². The SMILES string of the molecule is CC(=NCc1ccc(Br)cc1)NC#N. The molecule has 0 fully saturated rings. The Balaban J connectivity index is 2.58. The lowest BCUT2D eigenvalue weighted by molar-refractivity contribution is 1.04. The highest BCUT2D eigenvalue weighted by atomic mass is 79.9. The molecular weight excluding hydrogens is 242 g/mol. The minimum absolute atomic E-state index is 0.591. The molecule has 0 aromatic heterocycles. The number of halogens is 1. The van der Waals surface area contributed by atoms with Crippen LogP contribution in [0.4, 0.5) is 0 Å². The molecule has 0 heterocycles. The van der Waals surface area contributed by atoms with Crippen LogP contribution >= 0.6 is 15.9 Å². The summed E-state index contributed by atoms with van der Waals surface area (Å²) >= 11 is 3.36. The molecule has 0 spiro atoms. The topological polar surface area (TPSA) is 48.2 Å². The molecule has 0 unspecified atom stereocenters. The maximum absolute atomic E-state index is 8.32. The first kappa shape index (κ1) is 10.7. The highest BCUT2D eigenvalue weighted by molar-refractivity contribution is 9.10. The summed E-state index contributed by atoms with van der Waals surface area (Å²) in [6, 6.07) is 7.93. The second kappa shape index (κ2) is 5.40. The van der Waals surface area contributed by atoms with Crippen LogP contribution in [-0.2, 0) is 6.54 Å². The van der Waals surface area contributed by atoms with Crippen LogP contribution in [0.15, 0.2) is 33.7 Å². The van der Waals surface area contributed by atoms with Gasteiger partial charge < -0.3 is 0 Å². The van der Waals surface area contributed by atoms with Gasteiger partial charge in [-0.25, -0.2) is 0 Å². The fraction of sp³-hybridized carbons (Fsp3) is 0.200. The predicted molar refractivity (Wildman–Crippen MR) is 59.7 cm³/mol. The maximum atomic E-state index is 8.32. The lowest BCUT2D eigenvalue weighted by Gasteiger charge is -1.98. The van der Waals surface area contributed by atoms with Crippen molar-refractivity contribution < 1.29 is 0 Å². The molecule has 72 valence electrons. The van der Waals surface area contributed by atoms with Gasteiger partial charge >= 0.3 is 0 Å². The van der Waals surface area contributed by atoms with Crippen LogP contribution < -0.4 is 5.32 Å². The Labute approximate surface area is 91.6 Å². The van der Waals surface area contributed by atoms with Crippen molar-refractivity contribution in [3.63, 3.8) is 0 Å². The van der Waals surface area contributed by atoms with Gasteiger partial charge in [-0.15, -0.1) is 0 Å². The highest BCUT2D eigenvalue weighted by Crippen LogP contribution is 2.10. The number of aliphatic imine (C=N–C) groups is 1. The molecule has 0 aliphatic heterocycles. The number of nitrogens with one attached hydrogen (secondary N) is 1. The van der Waals surface area contributed by atoms with Gasteiger partial charge in [0.05, 0.1) is 6.54 Å². The van der Waals surface area contributed by atoms with E-state index in [0.29, 0.717) is 12.4 Å². The van der Waals surface area contributed by atoms with Crippen LogP contribution in [-0.4, -0.2) is 5.84 Å². The van der Waals surface area contributed by atoms with E-state index in [9.17, 15) is 0 Å². The standard InChI is InChI=1S/C10H10BrN3/c1-8(14-7-12)13-6-9-2-4-10(11)5-3-9/h2-5H,6H2,1H3,(H,13,14). The minimum Gasteiger partial charge on any atom is -0.281 e. The van der Waals surface area contributed by atoms with Crippen molar-refractivity contribution in [2.45, 2.75) is 13.5 Å². The van der Waals surface area contributed by atoms with E-state index in [1.165, 1.54) is 0 Å². The van der Waals surface area contributed by atoms with Crippen LogP contribution in [0, 0.1) is 11.5 Å². The van der Waals surface area contributed by atoms with Crippen LogP contribution in [0.1, 0.15) is 12.5 Å². The van der Waals surface area contributed by atoms with Crippen molar-refractivity contribution in [2.75, 3.05) is 0 Å². The molecule has 0 bridgehead atoms. The van der Waals surface area contributed by atoms with Gasteiger partial charge in [0.15, 0.2) is 6.19 Å². The number of nitrogens with zero attached hydrogens (tertiary/aromatic N) is 2. The van der Waals surface area contributed by atoms with Gasteiger partial charge in [-0.1, -0.05) is 28.1 Å². The summed E-state index contributed by atoms with van der Waals surface area (Å²) in [6.07, 6.45) is 1.82. The van der Waals surface area contributed by atoms with E-state index < -0.39 is 0 Å². The lowest BCUT2D eigenvalue weighted by atomic mass is 10.2. The molecule has 0 aliphatic rings. The Morgan fingerprint density at radius 3 is 2.71 bits per heavy atom. The fourth-order valence-corrected chi connectivity index (χ4v) is 1.18. The molecule has 14 heavy (non-hydrogen) atoms. The van der Waals surface area contributed by atoms with Crippen molar-refractivity contribution in [3.05, 3.63) is 34.3 Å². The van der Waals surface area contributed by atoms with Gasteiger partial charge in [0, 0.05) is 4.47 Å². The largest absolute Gasteiger partial charge is 0.281 e. The molecule has 0 atom stereocenters. The molecule has 0 aliphatic carbocycles. The van der Waals surface area contributed by atoms with Gasteiger partial charge in [-0.3, -0.25) is 10.3 Å². The average molecular weight is 252 g/mol. The average Bonchev–Trinajstić information content (AvgIpc) is 2.17. The second-order valence-electron chi connectivity index (χ2n) is 2.76. The fourth-order valence-electron chi connectivity index (χ4n) is 0.920. The van der Waals surface area contributed by atoms with E-state index >= 15 is 0 Å². The predicted octanol–water partition coefficient (Wildman–Crippen LogP) is 2.44. The van der Waals surface area contributed by atoms with E-state index in [1.54, 1.807) is 6.92 Å². The van der Waals surface area contributed by atoms with E-state index in [4.69, 9.17) is 5.26 Å². The summed E-state index contributed by atoms with van der Waals surface area (Å²) < 4.78 is 1.05. The number of hydrogen-bond donors (Lipinski definition) is 1. The van der Waals surface area contributed by atoms with Crippen molar-refractivity contribution >= 4 is 21.8 Å². The summed E-state index contributed by atoms with van der Waals surface area (Å²) in [4.78, 5) is 4.18. The zero-order valence-electron chi connectivity index (χ0n) is 7.79. The summed E-state index contributed by atoms with van der Waals surface area (Å²) in [5, 5.41) is 10.8. The van der Waals surface area contributed by atoms with Crippen molar-refractivity contribution in [1.82, 2.24) is 5.32 Å². The van der Waals surface area contributed by atoms with Gasteiger partial charge in [0.2, 0.25) is 0 Å². The zero-order valence-corrected chi connectivity index (χ0v) is 9.37. The van der Waals surface area contributed by atoms with E-state index in [-0.39, 0.29) is 0 Å². The molecule has 1 N–H and O–H groups in total. The summed E-state index contributed by atoms with van der Waals surface area (Å²) in [5.74, 6) is 0.635. The Morgan fingerprint density at radius 1 is 1.50 bits per heavy atom. The number of nitriles is 1. The lowest BCUT2D eigenvalue weighted by Crippen LogP contribution is -2.13. The Kier molecular flexibility index (Phi) is 4.14. The van der Waals surface area contributed by atoms with E-state index in [2.05, 4.69) is 26.2 Å². The number of rotatable bonds is 2. The monoisotopic (exact) mass is 251 g/mol. The molecule has 0 saturated heterocycles. The molecule has 0 amide bonds. The molecule has 3 nitrogen and oxygen atoms in total. The highest BCUT2D eigenvalue weighted by Gasteiger charge is 1.92. The quantitative estimate of drug-likeness (QED) is 0.380. The molecule has 0 saturated carbocycles. The minimum atomic E-state index is 0.591. The Hall–Kier alpha value is -1.34. The molecule has 4 heteroatoms.